The van der Waals surface area contributed by atoms with Crippen LogP contribution in [-0.4, -0.2) is 15.3 Å². The minimum atomic E-state index is -2.51. The number of hydrogen-bond acceptors (Lipinski definition) is 3. The van der Waals surface area contributed by atoms with Gasteiger partial charge in [-0.25, -0.2) is 17.6 Å². The summed E-state index contributed by atoms with van der Waals surface area (Å²) in [4.78, 5) is 0. The van der Waals surface area contributed by atoms with E-state index in [0.717, 1.165) is 0 Å². The SMILES string of the molecule is Oc1c(F)c(F)c(O)c(-c2c(O)c(F)c(F)c(F)c2F)c1F. The smallest absolute Gasteiger partial charge is 0.207 e. The molecule has 0 saturated carbocycles. The van der Waals surface area contributed by atoms with Crippen molar-refractivity contribution in [2.24, 2.45) is 0 Å². The normalized spacial score (nSPS) is 11.0. The fourth-order valence-corrected chi connectivity index (χ4v) is 1.71. The lowest BCUT2D eigenvalue weighted by Gasteiger charge is -2.13. The average molecular weight is 328 g/mol. The Morgan fingerprint density at radius 3 is 1.18 bits per heavy atom. The predicted octanol–water partition coefficient (Wildman–Crippen LogP) is 3.44. The molecule has 0 aliphatic carbocycles. The van der Waals surface area contributed by atoms with Crippen LogP contribution < -0.4 is 0 Å². The topological polar surface area (TPSA) is 60.7 Å². The molecule has 0 radical (unpaired) electrons. The van der Waals surface area contributed by atoms with Crippen LogP contribution >= 0.6 is 0 Å². The maximum atomic E-state index is 13.7. The molecular weight excluding hydrogens is 325 g/mol. The first-order chi connectivity index (χ1) is 10.1. The fourth-order valence-electron chi connectivity index (χ4n) is 1.71. The molecule has 0 aliphatic heterocycles. The third-order valence-electron chi connectivity index (χ3n) is 2.77. The summed E-state index contributed by atoms with van der Waals surface area (Å²) < 4.78 is 92.7. The molecule has 3 nitrogen and oxygen atoms in total. The molecule has 0 bridgehead atoms. The van der Waals surface area contributed by atoms with Crippen LogP contribution in [0, 0.1) is 40.7 Å². The van der Waals surface area contributed by atoms with E-state index in [0.29, 0.717) is 0 Å². The average Bonchev–Trinajstić information content (AvgIpc) is 2.50. The Kier molecular flexibility index (Phi) is 3.55. The second kappa shape index (κ2) is 4.97. The molecule has 10 heteroatoms. The van der Waals surface area contributed by atoms with Crippen molar-refractivity contribution >= 4 is 0 Å². The number of phenolic OH excluding ortho intramolecular Hbond substituents is 3. The van der Waals surface area contributed by atoms with Crippen LogP contribution in [0.25, 0.3) is 11.1 Å². The van der Waals surface area contributed by atoms with Crippen LogP contribution in [0.2, 0.25) is 0 Å². The van der Waals surface area contributed by atoms with Crippen LogP contribution in [0.5, 0.6) is 17.2 Å². The highest BCUT2D eigenvalue weighted by molar-refractivity contribution is 5.78. The van der Waals surface area contributed by atoms with Crippen molar-refractivity contribution in [1.82, 2.24) is 0 Å². The maximum absolute atomic E-state index is 13.7. The fraction of sp³-hybridized carbons (Fsp3) is 0. The zero-order valence-electron chi connectivity index (χ0n) is 9.99. The highest BCUT2D eigenvalue weighted by Gasteiger charge is 2.33. The Bertz CT molecular complexity index is 679. The predicted molar refractivity (Wildman–Crippen MR) is 56.6 cm³/mol. The molecule has 0 amide bonds. The zero-order valence-corrected chi connectivity index (χ0v) is 9.99. The van der Waals surface area contributed by atoms with E-state index in [-0.39, 0.29) is 0 Å². The van der Waals surface area contributed by atoms with E-state index in [9.17, 15) is 40.9 Å². The molecule has 2 rings (SSSR count). The summed E-state index contributed by atoms with van der Waals surface area (Å²) in [6.07, 6.45) is 0. The number of hydrogen-bond donors (Lipinski definition) is 3. The molecule has 3 N–H and O–H groups in total. The molecule has 0 aromatic heterocycles. The minimum Gasteiger partial charge on any atom is -0.504 e. The molecule has 118 valence electrons. The van der Waals surface area contributed by atoms with Gasteiger partial charge in [-0.3, -0.25) is 0 Å². The minimum absolute atomic E-state index is 1.79. The first kappa shape index (κ1) is 15.7. The second-order valence-electron chi connectivity index (χ2n) is 3.99. The summed E-state index contributed by atoms with van der Waals surface area (Å²) in [7, 11) is 0. The first-order valence-corrected chi connectivity index (χ1v) is 5.24. The summed E-state index contributed by atoms with van der Waals surface area (Å²) in [6, 6.07) is 0. The molecule has 0 saturated heterocycles. The van der Waals surface area contributed by atoms with Gasteiger partial charge in [0.1, 0.15) is 0 Å². The van der Waals surface area contributed by atoms with Gasteiger partial charge in [0.15, 0.2) is 34.7 Å². The van der Waals surface area contributed by atoms with Gasteiger partial charge >= 0.3 is 0 Å². The van der Waals surface area contributed by atoms with Crippen molar-refractivity contribution in [2.45, 2.75) is 0 Å². The lowest BCUT2D eigenvalue weighted by molar-refractivity contribution is 0.349. The Labute approximate surface area is 116 Å². The number of phenols is 3. The van der Waals surface area contributed by atoms with Crippen molar-refractivity contribution in [1.29, 1.82) is 0 Å². The Balaban J connectivity index is 3.03. The van der Waals surface area contributed by atoms with Crippen LogP contribution in [0.3, 0.4) is 0 Å². The van der Waals surface area contributed by atoms with Gasteiger partial charge in [0, 0.05) is 0 Å². The molecule has 0 heterocycles. The quantitative estimate of drug-likeness (QED) is 0.325. The number of halogens is 7. The van der Waals surface area contributed by atoms with Gasteiger partial charge in [0.25, 0.3) is 0 Å². The third kappa shape index (κ3) is 1.90. The lowest BCUT2D eigenvalue weighted by Crippen LogP contribution is -2.03. The van der Waals surface area contributed by atoms with Crippen LogP contribution in [0.15, 0.2) is 0 Å². The maximum Gasteiger partial charge on any atom is 0.207 e. The monoisotopic (exact) mass is 328 g/mol. The van der Waals surface area contributed by atoms with Gasteiger partial charge in [-0.1, -0.05) is 0 Å². The summed E-state index contributed by atoms with van der Waals surface area (Å²) in [5, 5.41) is 27.5. The molecule has 0 spiro atoms. The number of aromatic hydroxyl groups is 3. The summed E-state index contributed by atoms with van der Waals surface area (Å²) in [5.41, 5.74) is -3.62. The van der Waals surface area contributed by atoms with E-state index in [1.165, 1.54) is 0 Å². The zero-order chi connectivity index (χ0) is 16.9. The third-order valence-corrected chi connectivity index (χ3v) is 2.77. The van der Waals surface area contributed by atoms with E-state index in [1.54, 1.807) is 0 Å². The van der Waals surface area contributed by atoms with Gasteiger partial charge in [-0.2, -0.15) is 13.2 Å². The van der Waals surface area contributed by atoms with Crippen LogP contribution in [0.4, 0.5) is 30.7 Å². The van der Waals surface area contributed by atoms with Gasteiger partial charge < -0.3 is 15.3 Å². The van der Waals surface area contributed by atoms with E-state index >= 15 is 0 Å². The van der Waals surface area contributed by atoms with E-state index in [1.807, 2.05) is 0 Å². The Morgan fingerprint density at radius 1 is 0.364 bits per heavy atom. The number of rotatable bonds is 1. The summed E-state index contributed by atoms with van der Waals surface area (Å²) in [5.74, 6) is -22.5. The molecule has 0 atom stereocenters. The van der Waals surface area contributed by atoms with Gasteiger partial charge in [0.05, 0.1) is 11.1 Å². The summed E-state index contributed by atoms with van der Waals surface area (Å²) >= 11 is 0. The van der Waals surface area contributed by atoms with Gasteiger partial charge in [-0.15, -0.1) is 0 Å². The molecule has 2 aromatic rings. The van der Waals surface area contributed by atoms with Crippen molar-refractivity contribution in [2.75, 3.05) is 0 Å². The molecule has 0 unspecified atom stereocenters. The Hall–Kier alpha value is -2.65. The second-order valence-corrected chi connectivity index (χ2v) is 3.99. The number of benzene rings is 2. The van der Waals surface area contributed by atoms with Crippen LogP contribution in [0.1, 0.15) is 0 Å². The molecule has 0 aliphatic rings. The van der Waals surface area contributed by atoms with Crippen molar-refractivity contribution < 1.29 is 46.1 Å². The van der Waals surface area contributed by atoms with E-state index in [4.69, 9.17) is 5.11 Å². The first-order valence-electron chi connectivity index (χ1n) is 5.24. The Morgan fingerprint density at radius 2 is 0.682 bits per heavy atom. The molecule has 0 fully saturated rings. The highest BCUT2D eigenvalue weighted by atomic mass is 19.2. The van der Waals surface area contributed by atoms with Gasteiger partial charge in [-0.05, 0) is 0 Å². The van der Waals surface area contributed by atoms with Gasteiger partial charge in [0.2, 0.25) is 23.3 Å². The highest BCUT2D eigenvalue weighted by Crippen LogP contribution is 2.46. The van der Waals surface area contributed by atoms with Crippen molar-refractivity contribution in [3.05, 3.63) is 40.7 Å². The van der Waals surface area contributed by atoms with Crippen molar-refractivity contribution in [3.8, 4) is 28.4 Å². The van der Waals surface area contributed by atoms with Crippen molar-refractivity contribution in [3.63, 3.8) is 0 Å². The van der Waals surface area contributed by atoms with E-state index in [2.05, 4.69) is 0 Å². The van der Waals surface area contributed by atoms with Crippen LogP contribution in [-0.2, 0) is 0 Å². The molecule has 2 aromatic carbocycles. The largest absolute Gasteiger partial charge is 0.504 e. The standard InChI is InChI=1S/C12H3F7O3/c13-3-1(10(20)7(17)6(16)5(3)15)2-4(14)12(22)9(19)8(18)11(2)21/h20-22H. The molecular formula is C12H3F7O3. The van der Waals surface area contributed by atoms with E-state index < -0.39 is 69.1 Å². The lowest BCUT2D eigenvalue weighted by atomic mass is 10.00. The summed E-state index contributed by atoms with van der Waals surface area (Å²) in [6.45, 7) is 0. The molecule has 22 heavy (non-hydrogen) atoms.